The van der Waals surface area contributed by atoms with E-state index in [2.05, 4.69) is 20.4 Å². The van der Waals surface area contributed by atoms with Gasteiger partial charge in [-0.3, -0.25) is 4.79 Å². The molecule has 0 unspecified atom stereocenters. The molecule has 1 saturated carbocycles. The smallest absolute Gasteiger partial charge is 0.163 e. The summed E-state index contributed by atoms with van der Waals surface area (Å²) in [6.07, 6.45) is 4.29. The fourth-order valence-electron chi connectivity index (χ4n) is 3.13. The van der Waals surface area contributed by atoms with E-state index in [9.17, 15) is 4.79 Å². The van der Waals surface area contributed by atoms with Crippen LogP contribution in [0.4, 0.5) is 0 Å². The summed E-state index contributed by atoms with van der Waals surface area (Å²) >= 11 is 0. The van der Waals surface area contributed by atoms with Crippen LogP contribution in [0.2, 0.25) is 0 Å². The maximum absolute atomic E-state index is 12.3. The summed E-state index contributed by atoms with van der Waals surface area (Å²) in [4.78, 5) is 12.3. The second-order valence-electron chi connectivity index (χ2n) is 6.09. The maximum atomic E-state index is 12.3. The van der Waals surface area contributed by atoms with E-state index in [4.69, 9.17) is 0 Å². The number of hydrogen-bond donors (Lipinski definition) is 0. The molecular weight excluding hydrogens is 232 g/mol. The highest BCUT2D eigenvalue weighted by atomic mass is 16.1. The minimum absolute atomic E-state index is 0.291. The molecule has 3 atom stereocenters. The Morgan fingerprint density at radius 2 is 1.95 bits per heavy atom. The van der Waals surface area contributed by atoms with Crippen molar-refractivity contribution in [3.63, 3.8) is 0 Å². The Morgan fingerprint density at radius 1 is 1.26 bits per heavy atom. The molecule has 0 bridgehead atoms. The molecule has 1 nitrogen and oxygen atoms in total. The Kier molecular flexibility index (Phi) is 4.57. The average Bonchev–Trinajstić information content (AvgIpc) is 2.42. The molecule has 19 heavy (non-hydrogen) atoms. The first-order valence-corrected chi connectivity index (χ1v) is 7.31. The van der Waals surface area contributed by atoms with Crippen LogP contribution in [-0.2, 0) is 0 Å². The number of carbonyl (C=O) groups is 1. The van der Waals surface area contributed by atoms with Gasteiger partial charge in [-0.2, -0.15) is 0 Å². The highest BCUT2D eigenvalue weighted by molar-refractivity contribution is 5.96. The van der Waals surface area contributed by atoms with E-state index in [1.165, 1.54) is 18.4 Å². The largest absolute Gasteiger partial charge is 0.294 e. The Morgan fingerprint density at radius 3 is 2.58 bits per heavy atom. The first-order chi connectivity index (χ1) is 9.08. The normalized spacial score (nSPS) is 26.9. The van der Waals surface area contributed by atoms with Crippen LogP contribution in [0.15, 0.2) is 42.5 Å². The molecule has 2 rings (SSSR count). The Labute approximate surface area is 116 Å². The molecule has 0 heterocycles. The molecule has 0 radical (unpaired) electrons. The lowest BCUT2D eigenvalue weighted by Crippen LogP contribution is -2.25. The summed E-state index contributed by atoms with van der Waals surface area (Å²) in [7, 11) is 0. The van der Waals surface area contributed by atoms with E-state index in [-0.39, 0.29) is 0 Å². The number of carbonyl (C=O) groups excluding carboxylic acids is 1. The average molecular weight is 256 g/mol. The van der Waals surface area contributed by atoms with Gasteiger partial charge in [-0.05, 0) is 43.9 Å². The molecule has 0 saturated heterocycles. The molecule has 0 aromatic heterocycles. The van der Waals surface area contributed by atoms with Crippen molar-refractivity contribution >= 4 is 5.78 Å². The zero-order valence-corrected chi connectivity index (χ0v) is 12.1. The molecule has 1 aromatic carbocycles. The van der Waals surface area contributed by atoms with Crippen molar-refractivity contribution in [2.24, 2.45) is 17.8 Å². The fraction of sp³-hybridized carbons (Fsp3) is 0.500. The second kappa shape index (κ2) is 6.18. The molecule has 1 aromatic rings. The van der Waals surface area contributed by atoms with Gasteiger partial charge in [0.1, 0.15) is 0 Å². The highest BCUT2D eigenvalue weighted by Crippen LogP contribution is 2.38. The van der Waals surface area contributed by atoms with Crippen LogP contribution in [0.3, 0.4) is 0 Å². The van der Waals surface area contributed by atoms with Crippen LogP contribution in [0.1, 0.15) is 49.9 Å². The van der Waals surface area contributed by atoms with Crippen molar-refractivity contribution in [3.05, 3.63) is 48.0 Å². The third kappa shape index (κ3) is 3.56. The number of ketones is 1. The molecule has 0 aliphatic heterocycles. The van der Waals surface area contributed by atoms with Gasteiger partial charge in [0.15, 0.2) is 5.78 Å². The van der Waals surface area contributed by atoms with Gasteiger partial charge in [-0.25, -0.2) is 0 Å². The van der Waals surface area contributed by atoms with Gasteiger partial charge in [0.25, 0.3) is 0 Å². The molecule has 1 aliphatic rings. The maximum Gasteiger partial charge on any atom is 0.163 e. The summed E-state index contributed by atoms with van der Waals surface area (Å²) < 4.78 is 0. The predicted octanol–water partition coefficient (Wildman–Crippen LogP) is 4.89. The number of benzene rings is 1. The van der Waals surface area contributed by atoms with E-state index in [0.717, 1.165) is 12.0 Å². The first kappa shape index (κ1) is 14.0. The van der Waals surface area contributed by atoms with Gasteiger partial charge < -0.3 is 0 Å². The van der Waals surface area contributed by atoms with Gasteiger partial charge in [-0.15, -0.1) is 0 Å². The molecule has 1 fully saturated rings. The third-order valence-corrected chi connectivity index (χ3v) is 4.60. The summed E-state index contributed by atoms with van der Waals surface area (Å²) in [5.41, 5.74) is 2.14. The molecule has 102 valence electrons. The van der Waals surface area contributed by atoms with E-state index >= 15 is 0 Å². The monoisotopic (exact) mass is 256 g/mol. The van der Waals surface area contributed by atoms with Gasteiger partial charge in [0.2, 0.25) is 0 Å². The van der Waals surface area contributed by atoms with Gasteiger partial charge in [0.05, 0.1) is 0 Å². The van der Waals surface area contributed by atoms with Crippen LogP contribution < -0.4 is 0 Å². The number of rotatable bonds is 4. The van der Waals surface area contributed by atoms with E-state index in [0.29, 0.717) is 30.0 Å². The molecular formula is C18H24O. The van der Waals surface area contributed by atoms with Crippen molar-refractivity contribution in [3.8, 4) is 0 Å². The lowest BCUT2D eigenvalue weighted by atomic mass is 9.71. The van der Waals surface area contributed by atoms with E-state index in [1.807, 2.05) is 30.3 Å². The van der Waals surface area contributed by atoms with Crippen LogP contribution in [0.25, 0.3) is 0 Å². The van der Waals surface area contributed by atoms with Crippen LogP contribution in [0, 0.1) is 17.8 Å². The van der Waals surface area contributed by atoms with Crippen LogP contribution >= 0.6 is 0 Å². The topological polar surface area (TPSA) is 17.1 Å². The summed E-state index contributed by atoms with van der Waals surface area (Å²) in [6, 6.07) is 9.68. The first-order valence-electron chi connectivity index (χ1n) is 7.31. The van der Waals surface area contributed by atoms with Gasteiger partial charge >= 0.3 is 0 Å². The van der Waals surface area contributed by atoms with Crippen LogP contribution in [-0.4, -0.2) is 5.78 Å². The molecule has 0 N–H and O–H groups in total. The minimum Gasteiger partial charge on any atom is -0.294 e. The SMILES string of the molecule is C=C(C)[C@@H]1CC[C@@H](C)[C@H](CC(=O)c2ccccc2)C1. The van der Waals surface area contributed by atoms with E-state index in [1.54, 1.807) is 0 Å². The van der Waals surface area contributed by atoms with Crippen LogP contribution in [0.5, 0.6) is 0 Å². The Bertz CT molecular complexity index is 446. The summed E-state index contributed by atoms with van der Waals surface area (Å²) in [6.45, 7) is 8.50. The molecule has 0 spiro atoms. The zero-order chi connectivity index (χ0) is 13.8. The van der Waals surface area contributed by atoms with Crippen molar-refractivity contribution in [2.75, 3.05) is 0 Å². The molecule has 0 amide bonds. The van der Waals surface area contributed by atoms with Gasteiger partial charge in [0, 0.05) is 12.0 Å². The van der Waals surface area contributed by atoms with Gasteiger partial charge in [-0.1, -0.05) is 49.4 Å². The standard InChI is InChI=1S/C18H24O/c1-13(2)16-10-9-14(3)17(11-16)12-18(19)15-7-5-4-6-8-15/h4-8,14,16-17H,1,9-12H2,2-3H3/t14-,16-,17+/m1/s1. The predicted molar refractivity (Wildman–Crippen MR) is 80.2 cm³/mol. The molecule has 1 heteroatoms. The zero-order valence-electron chi connectivity index (χ0n) is 12.1. The van der Waals surface area contributed by atoms with Crippen molar-refractivity contribution in [1.29, 1.82) is 0 Å². The van der Waals surface area contributed by atoms with E-state index < -0.39 is 0 Å². The quantitative estimate of drug-likeness (QED) is 0.554. The Balaban J connectivity index is 2.01. The highest BCUT2D eigenvalue weighted by Gasteiger charge is 2.29. The second-order valence-corrected chi connectivity index (χ2v) is 6.09. The third-order valence-electron chi connectivity index (χ3n) is 4.60. The Hall–Kier alpha value is -1.37. The fourth-order valence-corrected chi connectivity index (χ4v) is 3.13. The van der Waals surface area contributed by atoms with Crippen molar-refractivity contribution in [1.82, 2.24) is 0 Å². The number of allylic oxidation sites excluding steroid dienone is 1. The lowest BCUT2D eigenvalue weighted by Gasteiger charge is -2.34. The lowest BCUT2D eigenvalue weighted by molar-refractivity contribution is 0.0913. The summed E-state index contributed by atoms with van der Waals surface area (Å²) in [5, 5.41) is 0. The summed E-state index contributed by atoms with van der Waals surface area (Å²) in [5.74, 6) is 2.08. The minimum atomic E-state index is 0.291. The number of Topliss-reactive ketones (excluding diaryl/α,β-unsaturated/α-hetero) is 1. The van der Waals surface area contributed by atoms with Crippen molar-refractivity contribution in [2.45, 2.75) is 39.5 Å². The molecule has 1 aliphatic carbocycles. The number of hydrogen-bond acceptors (Lipinski definition) is 1. The van der Waals surface area contributed by atoms with Crippen molar-refractivity contribution < 1.29 is 4.79 Å².